The van der Waals surface area contributed by atoms with Gasteiger partial charge in [-0.2, -0.15) is 0 Å². The fourth-order valence-electron chi connectivity index (χ4n) is 2.62. The van der Waals surface area contributed by atoms with E-state index in [1.165, 1.54) is 29.7 Å². The van der Waals surface area contributed by atoms with Gasteiger partial charge < -0.3 is 5.32 Å². The van der Waals surface area contributed by atoms with Gasteiger partial charge in [0.05, 0.1) is 6.20 Å². The first kappa shape index (κ1) is 13.3. The van der Waals surface area contributed by atoms with Gasteiger partial charge in [0.2, 0.25) is 0 Å². The highest BCUT2D eigenvalue weighted by molar-refractivity contribution is 7.16. The van der Waals surface area contributed by atoms with Crippen molar-refractivity contribution in [2.75, 3.05) is 0 Å². The Morgan fingerprint density at radius 2 is 2.15 bits per heavy atom. The normalized spacial score (nSPS) is 15.4. The molecule has 1 aromatic heterocycles. The second kappa shape index (κ2) is 5.75. The number of nitrogens with zero attached hydrogens (tertiary/aromatic N) is 1. The van der Waals surface area contributed by atoms with Crippen LogP contribution in [0.15, 0.2) is 30.5 Å². The van der Waals surface area contributed by atoms with Gasteiger partial charge >= 0.3 is 0 Å². The summed E-state index contributed by atoms with van der Waals surface area (Å²) in [6.45, 7) is 2.06. The average Bonchev–Trinajstić information content (AvgIpc) is 3.09. The number of thiazole rings is 1. The number of aromatic nitrogens is 1. The maximum atomic E-state index is 12.2. The van der Waals surface area contributed by atoms with Crippen LogP contribution in [0.4, 0.5) is 0 Å². The molecule has 20 heavy (non-hydrogen) atoms. The Labute approximate surface area is 123 Å². The Balaban J connectivity index is 1.74. The molecule has 0 bridgehead atoms. The average molecular weight is 286 g/mol. The minimum absolute atomic E-state index is 0.0216. The second-order valence-corrected chi connectivity index (χ2v) is 6.38. The van der Waals surface area contributed by atoms with Crippen molar-refractivity contribution in [1.82, 2.24) is 10.3 Å². The van der Waals surface area contributed by atoms with Gasteiger partial charge in [0.15, 0.2) is 0 Å². The van der Waals surface area contributed by atoms with Gasteiger partial charge in [0.25, 0.3) is 5.91 Å². The van der Waals surface area contributed by atoms with Gasteiger partial charge in [-0.05, 0) is 25.8 Å². The topological polar surface area (TPSA) is 42.0 Å². The van der Waals surface area contributed by atoms with Crippen LogP contribution in [0.1, 0.15) is 40.9 Å². The zero-order valence-corrected chi connectivity index (χ0v) is 12.4. The van der Waals surface area contributed by atoms with Crippen LogP contribution in [0.3, 0.4) is 0 Å². The second-order valence-electron chi connectivity index (χ2n) is 5.35. The lowest BCUT2D eigenvalue weighted by atomic mass is 10.1. The van der Waals surface area contributed by atoms with E-state index in [2.05, 4.69) is 29.4 Å². The van der Waals surface area contributed by atoms with Crippen molar-refractivity contribution < 1.29 is 4.79 Å². The van der Waals surface area contributed by atoms with Gasteiger partial charge in [-0.25, -0.2) is 4.98 Å². The molecule has 104 valence electrons. The summed E-state index contributed by atoms with van der Waals surface area (Å²) in [6, 6.07) is 8.56. The standard InChI is InChI=1S/C16H18N2OS/c1-11-5-4-6-12(9-11)16-17-10-14(20-16)15(19)18-13-7-2-3-8-13/h4-6,9-10,13H,2-3,7-8H2,1H3,(H,18,19). The van der Waals surface area contributed by atoms with E-state index in [1.54, 1.807) is 6.20 Å². The highest BCUT2D eigenvalue weighted by atomic mass is 32.1. The Morgan fingerprint density at radius 1 is 1.35 bits per heavy atom. The fraction of sp³-hybridized carbons (Fsp3) is 0.375. The summed E-state index contributed by atoms with van der Waals surface area (Å²) in [4.78, 5) is 17.3. The lowest BCUT2D eigenvalue weighted by Crippen LogP contribution is -2.31. The number of amides is 1. The summed E-state index contributed by atoms with van der Waals surface area (Å²) in [5.41, 5.74) is 2.28. The minimum Gasteiger partial charge on any atom is -0.349 e. The fourth-order valence-corrected chi connectivity index (χ4v) is 3.43. The first-order valence-corrected chi connectivity index (χ1v) is 7.88. The molecule has 1 fully saturated rings. The highest BCUT2D eigenvalue weighted by Gasteiger charge is 2.19. The van der Waals surface area contributed by atoms with Crippen LogP contribution >= 0.6 is 11.3 Å². The summed E-state index contributed by atoms with van der Waals surface area (Å²) in [5.74, 6) is 0.0216. The van der Waals surface area contributed by atoms with E-state index in [0.717, 1.165) is 23.4 Å². The molecule has 2 aromatic rings. The van der Waals surface area contributed by atoms with E-state index < -0.39 is 0 Å². The van der Waals surface area contributed by atoms with Gasteiger partial charge in [0, 0.05) is 11.6 Å². The summed E-state index contributed by atoms with van der Waals surface area (Å²) in [7, 11) is 0. The predicted molar refractivity (Wildman–Crippen MR) is 82.0 cm³/mol. The Morgan fingerprint density at radius 3 is 2.90 bits per heavy atom. The maximum Gasteiger partial charge on any atom is 0.263 e. The van der Waals surface area contributed by atoms with E-state index in [0.29, 0.717) is 10.9 Å². The SMILES string of the molecule is Cc1cccc(-c2ncc(C(=O)NC3CCCC3)s2)c1. The van der Waals surface area contributed by atoms with Crippen molar-refractivity contribution in [1.29, 1.82) is 0 Å². The van der Waals surface area contributed by atoms with Crippen LogP contribution < -0.4 is 5.32 Å². The first-order chi connectivity index (χ1) is 9.72. The molecule has 0 aliphatic heterocycles. The summed E-state index contributed by atoms with van der Waals surface area (Å²) in [6.07, 6.45) is 6.35. The van der Waals surface area contributed by atoms with E-state index in [-0.39, 0.29) is 5.91 Å². The third-order valence-electron chi connectivity index (χ3n) is 3.68. The van der Waals surface area contributed by atoms with Crippen molar-refractivity contribution in [2.24, 2.45) is 0 Å². The molecule has 0 radical (unpaired) electrons. The molecule has 0 unspecified atom stereocenters. The molecule has 1 aromatic carbocycles. The third kappa shape index (κ3) is 2.90. The Bertz CT molecular complexity index is 614. The van der Waals surface area contributed by atoms with Crippen LogP contribution in [0.25, 0.3) is 10.6 Å². The Hall–Kier alpha value is -1.68. The molecule has 1 heterocycles. The van der Waals surface area contributed by atoms with Crippen LogP contribution in [-0.4, -0.2) is 16.9 Å². The molecule has 0 atom stereocenters. The number of rotatable bonds is 3. The number of aryl methyl sites for hydroxylation is 1. The van der Waals surface area contributed by atoms with E-state index in [1.807, 2.05) is 12.1 Å². The van der Waals surface area contributed by atoms with Crippen LogP contribution in [0.2, 0.25) is 0 Å². The molecule has 1 amide bonds. The molecule has 4 heteroatoms. The lowest BCUT2D eigenvalue weighted by Gasteiger charge is -2.09. The van der Waals surface area contributed by atoms with E-state index in [9.17, 15) is 4.79 Å². The predicted octanol–water partition coefficient (Wildman–Crippen LogP) is 3.79. The van der Waals surface area contributed by atoms with Gasteiger partial charge in [-0.1, -0.05) is 36.6 Å². The van der Waals surface area contributed by atoms with Crippen LogP contribution in [0.5, 0.6) is 0 Å². The monoisotopic (exact) mass is 286 g/mol. The van der Waals surface area contributed by atoms with Crippen LogP contribution in [0, 0.1) is 6.92 Å². The first-order valence-electron chi connectivity index (χ1n) is 7.06. The molecule has 3 nitrogen and oxygen atoms in total. The van der Waals surface area contributed by atoms with Crippen molar-refractivity contribution in [2.45, 2.75) is 38.6 Å². The molecular weight excluding hydrogens is 268 g/mol. The molecule has 1 aliphatic rings. The Kier molecular flexibility index (Phi) is 3.83. The van der Waals surface area contributed by atoms with Crippen LogP contribution in [-0.2, 0) is 0 Å². The molecule has 3 rings (SSSR count). The molecule has 1 N–H and O–H groups in total. The van der Waals surface area contributed by atoms with Gasteiger partial charge in [-0.3, -0.25) is 4.79 Å². The number of carbonyl (C=O) groups excluding carboxylic acids is 1. The van der Waals surface area contributed by atoms with E-state index >= 15 is 0 Å². The zero-order valence-electron chi connectivity index (χ0n) is 11.6. The minimum atomic E-state index is 0.0216. The number of hydrogen-bond acceptors (Lipinski definition) is 3. The number of nitrogens with one attached hydrogen (secondary N) is 1. The number of benzene rings is 1. The molecule has 1 saturated carbocycles. The smallest absolute Gasteiger partial charge is 0.263 e. The largest absolute Gasteiger partial charge is 0.349 e. The van der Waals surface area contributed by atoms with Crippen molar-refractivity contribution in [3.63, 3.8) is 0 Å². The summed E-state index contributed by atoms with van der Waals surface area (Å²) >= 11 is 1.46. The lowest BCUT2D eigenvalue weighted by molar-refractivity contribution is 0.0942. The summed E-state index contributed by atoms with van der Waals surface area (Å²) in [5, 5.41) is 4.01. The zero-order chi connectivity index (χ0) is 13.9. The molecule has 0 spiro atoms. The van der Waals surface area contributed by atoms with E-state index in [4.69, 9.17) is 0 Å². The number of carbonyl (C=O) groups is 1. The third-order valence-corrected chi connectivity index (χ3v) is 4.73. The van der Waals surface area contributed by atoms with Gasteiger partial charge in [-0.15, -0.1) is 11.3 Å². The molecule has 1 aliphatic carbocycles. The summed E-state index contributed by atoms with van der Waals surface area (Å²) < 4.78 is 0. The van der Waals surface area contributed by atoms with Crippen molar-refractivity contribution in [3.8, 4) is 10.6 Å². The van der Waals surface area contributed by atoms with Crippen molar-refractivity contribution in [3.05, 3.63) is 40.9 Å². The van der Waals surface area contributed by atoms with Crippen molar-refractivity contribution >= 4 is 17.2 Å². The molecule has 0 saturated heterocycles. The quantitative estimate of drug-likeness (QED) is 0.932. The number of hydrogen-bond donors (Lipinski definition) is 1. The van der Waals surface area contributed by atoms with Gasteiger partial charge in [0.1, 0.15) is 9.88 Å². The highest BCUT2D eigenvalue weighted by Crippen LogP contribution is 2.26. The molecular formula is C16H18N2OS. The maximum absolute atomic E-state index is 12.2.